The molecule has 0 radical (unpaired) electrons. The van der Waals surface area contributed by atoms with Crippen LogP contribution in [0, 0.1) is 13.8 Å². The average Bonchev–Trinajstić information content (AvgIpc) is 2.94. The van der Waals surface area contributed by atoms with Gasteiger partial charge in [0, 0.05) is 0 Å². The van der Waals surface area contributed by atoms with Crippen molar-refractivity contribution in [3.05, 3.63) is 81.2 Å². The summed E-state index contributed by atoms with van der Waals surface area (Å²) in [7, 11) is 0. The zero-order valence-corrected chi connectivity index (χ0v) is 15.3. The van der Waals surface area contributed by atoms with Gasteiger partial charge in [0.05, 0.1) is 27.9 Å². The van der Waals surface area contributed by atoms with Crippen LogP contribution in [-0.2, 0) is 4.79 Å². The number of para-hydroxylation sites is 1. The number of hydrogen-bond donors (Lipinski definition) is 0. The first-order valence-corrected chi connectivity index (χ1v) is 8.65. The number of carbonyl (C=O) groups is 1. The van der Waals surface area contributed by atoms with Gasteiger partial charge in [-0.2, -0.15) is 10.1 Å². The maximum Gasteiger partial charge on any atom is 0.280 e. The zero-order chi connectivity index (χ0) is 19.1. The Morgan fingerprint density at radius 2 is 1.70 bits per heavy atom. The van der Waals surface area contributed by atoms with Gasteiger partial charge >= 0.3 is 0 Å². The molecule has 27 heavy (non-hydrogen) atoms. The number of hydrazone groups is 1. The highest BCUT2D eigenvalue weighted by Crippen LogP contribution is 2.25. The first-order valence-electron chi connectivity index (χ1n) is 8.65. The predicted molar refractivity (Wildman–Crippen MR) is 107 cm³/mol. The van der Waals surface area contributed by atoms with Crippen LogP contribution in [0.2, 0.25) is 0 Å². The molecule has 1 aliphatic rings. The molecule has 0 atom stereocenters. The number of anilines is 1. The van der Waals surface area contributed by atoms with E-state index >= 15 is 0 Å². The lowest BCUT2D eigenvalue weighted by atomic mass is 10.0. The van der Waals surface area contributed by atoms with E-state index in [0.29, 0.717) is 33.5 Å². The van der Waals surface area contributed by atoms with Crippen LogP contribution in [0.15, 0.2) is 68.6 Å². The molecule has 3 aromatic rings. The highest BCUT2D eigenvalue weighted by molar-refractivity contribution is 6.32. The lowest BCUT2D eigenvalue weighted by Gasteiger charge is -2.11. The summed E-state index contributed by atoms with van der Waals surface area (Å²) in [6.07, 6.45) is 2.96. The number of aryl methyl sites for hydroxylation is 2. The highest BCUT2D eigenvalue weighted by atomic mass is 16.3. The van der Waals surface area contributed by atoms with Gasteiger partial charge in [0.2, 0.25) is 0 Å². The molecule has 1 aromatic heterocycles. The van der Waals surface area contributed by atoms with Crippen molar-refractivity contribution < 1.29 is 9.21 Å². The molecule has 134 valence electrons. The van der Waals surface area contributed by atoms with Crippen molar-refractivity contribution in [2.75, 3.05) is 5.01 Å². The van der Waals surface area contributed by atoms with Crippen molar-refractivity contribution in [3.8, 4) is 0 Å². The van der Waals surface area contributed by atoms with Gasteiger partial charge in [0.15, 0.2) is 5.43 Å². The van der Waals surface area contributed by atoms with Gasteiger partial charge < -0.3 is 4.42 Å². The Bertz CT molecular complexity index is 1190. The van der Waals surface area contributed by atoms with Crippen LogP contribution in [-0.4, -0.2) is 11.6 Å². The van der Waals surface area contributed by atoms with E-state index in [-0.39, 0.29) is 11.3 Å². The summed E-state index contributed by atoms with van der Waals surface area (Å²) in [4.78, 5) is 25.7. The van der Waals surface area contributed by atoms with Gasteiger partial charge in [-0.05, 0) is 62.2 Å². The third-order valence-corrected chi connectivity index (χ3v) is 4.78. The lowest BCUT2D eigenvalue weighted by Crippen LogP contribution is -2.21. The predicted octanol–water partition coefficient (Wildman–Crippen LogP) is 4.22. The van der Waals surface area contributed by atoms with Crippen molar-refractivity contribution in [2.45, 2.75) is 20.8 Å². The third-order valence-electron chi connectivity index (χ3n) is 4.78. The monoisotopic (exact) mass is 358 g/mol. The second kappa shape index (κ2) is 6.36. The number of amides is 1. The average molecular weight is 358 g/mol. The largest absolute Gasteiger partial charge is 0.463 e. The molecule has 1 aliphatic heterocycles. The minimum Gasteiger partial charge on any atom is -0.463 e. The van der Waals surface area contributed by atoms with Gasteiger partial charge in [0.1, 0.15) is 11.8 Å². The zero-order valence-electron chi connectivity index (χ0n) is 15.3. The smallest absolute Gasteiger partial charge is 0.280 e. The Morgan fingerprint density at radius 3 is 2.44 bits per heavy atom. The van der Waals surface area contributed by atoms with E-state index in [1.54, 1.807) is 13.0 Å². The minimum absolute atomic E-state index is 0.161. The molecule has 4 rings (SSSR count). The van der Waals surface area contributed by atoms with Gasteiger partial charge in [0.25, 0.3) is 5.91 Å². The van der Waals surface area contributed by atoms with Crippen LogP contribution in [0.25, 0.3) is 17.0 Å². The topological polar surface area (TPSA) is 62.9 Å². The molecule has 0 aliphatic carbocycles. The van der Waals surface area contributed by atoms with Crippen LogP contribution in [0.4, 0.5) is 5.69 Å². The van der Waals surface area contributed by atoms with E-state index in [0.717, 1.165) is 11.1 Å². The molecule has 0 unspecified atom stereocenters. The summed E-state index contributed by atoms with van der Waals surface area (Å²) in [5.41, 5.74) is 4.41. The molecule has 5 nitrogen and oxygen atoms in total. The first kappa shape index (κ1) is 17.0. The van der Waals surface area contributed by atoms with Gasteiger partial charge in [-0.3, -0.25) is 9.59 Å². The molecule has 0 N–H and O–H groups in total. The number of hydrogen-bond acceptors (Lipinski definition) is 4. The number of fused-ring (bicyclic) bond motifs is 1. The molecule has 5 heteroatoms. The summed E-state index contributed by atoms with van der Waals surface area (Å²) in [6, 6.07) is 12.9. The third kappa shape index (κ3) is 2.87. The quantitative estimate of drug-likeness (QED) is 0.645. The van der Waals surface area contributed by atoms with Crippen LogP contribution >= 0.6 is 0 Å². The van der Waals surface area contributed by atoms with Crippen molar-refractivity contribution in [1.29, 1.82) is 0 Å². The Kier molecular flexibility index (Phi) is 4.00. The summed E-state index contributed by atoms with van der Waals surface area (Å²) >= 11 is 0. The first-order chi connectivity index (χ1) is 13.0. The maximum atomic E-state index is 12.9. The van der Waals surface area contributed by atoms with Crippen LogP contribution in [0.5, 0.6) is 0 Å². The van der Waals surface area contributed by atoms with Gasteiger partial charge in [-0.1, -0.05) is 18.2 Å². The number of carbonyl (C=O) groups excluding carboxylic acids is 1. The molecular formula is C22H18N2O3. The van der Waals surface area contributed by atoms with Crippen LogP contribution in [0.1, 0.15) is 23.6 Å². The number of nitrogens with zero attached hydrogens (tertiary/aromatic N) is 2. The normalized spacial score (nSPS) is 15.7. The molecule has 0 saturated heterocycles. The SMILES string of the molecule is CC1=NN(c2ccccc2)C(=O)/C1=C\c1coc2cc(C)c(C)cc2c1=O. The van der Waals surface area contributed by atoms with E-state index < -0.39 is 0 Å². The highest BCUT2D eigenvalue weighted by Gasteiger charge is 2.29. The second-order valence-corrected chi connectivity index (χ2v) is 6.65. The Hall–Kier alpha value is -3.47. The van der Waals surface area contributed by atoms with E-state index in [9.17, 15) is 9.59 Å². The molecule has 2 heterocycles. The van der Waals surface area contributed by atoms with Crippen LogP contribution < -0.4 is 10.4 Å². The lowest BCUT2D eigenvalue weighted by molar-refractivity contribution is -0.114. The molecular weight excluding hydrogens is 340 g/mol. The summed E-state index contributed by atoms with van der Waals surface area (Å²) in [5.74, 6) is -0.265. The maximum absolute atomic E-state index is 12.9. The van der Waals surface area contributed by atoms with E-state index in [1.807, 2.05) is 56.3 Å². The van der Waals surface area contributed by atoms with Crippen molar-refractivity contribution in [3.63, 3.8) is 0 Å². The standard InChI is InChI=1S/C22H18N2O3/c1-13-9-19-20(10-14(13)2)27-12-16(21(19)25)11-18-15(3)23-24(22(18)26)17-7-5-4-6-8-17/h4-12H,1-3H3/b18-11-. The fourth-order valence-corrected chi connectivity index (χ4v) is 3.08. The van der Waals surface area contributed by atoms with Crippen LogP contribution in [0.3, 0.4) is 0 Å². The fraction of sp³-hybridized carbons (Fsp3) is 0.136. The van der Waals surface area contributed by atoms with Crippen molar-refractivity contribution in [1.82, 2.24) is 0 Å². The number of benzene rings is 2. The summed E-state index contributed by atoms with van der Waals surface area (Å²) < 4.78 is 5.64. The Morgan fingerprint density at radius 1 is 1.00 bits per heavy atom. The molecule has 0 spiro atoms. The molecule has 0 bridgehead atoms. The second-order valence-electron chi connectivity index (χ2n) is 6.65. The Balaban J connectivity index is 1.79. The fourth-order valence-electron chi connectivity index (χ4n) is 3.08. The van der Waals surface area contributed by atoms with Gasteiger partial charge in [-0.15, -0.1) is 0 Å². The van der Waals surface area contributed by atoms with Crippen molar-refractivity contribution >= 4 is 34.4 Å². The number of rotatable bonds is 2. The molecule has 1 amide bonds. The van der Waals surface area contributed by atoms with Gasteiger partial charge in [-0.25, -0.2) is 0 Å². The Labute approximate surface area is 156 Å². The van der Waals surface area contributed by atoms with Crippen molar-refractivity contribution in [2.24, 2.45) is 5.10 Å². The molecule has 0 fully saturated rings. The summed E-state index contributed by atoms with van der Waals surface area (Å²) in [5, 5.41) is 6.19. The van der Waals surface area contributed by atoms with E-state index in [1.165, 1.54) is 11.3 Å². The van der Waals surface area contributed by atoms with E-state index in [4.69, 9.17) is 4.42 Å². The molecule has 2 aromatic carbocycles. The molecule has 0 saturated carbocycles. The summed E-state index contributed by atoms with van der Waals surface area (Å²) in [6.45, 7) is 5.68. The van der Waals surface area contributed by atoms with E-state index in [2.05, 4.69) is 5.10 Å². The minimum atomic E-state index is -0.265.